The molecule has 0 aliphatic rings. The van der Waals surface area contributed by atoms with Crippen molar-refractivity contribution in [2.75, 3.05) is 5.32 Å². The number of benzene rings is 8. The quantitative estimate of drug-likeness (QED) is 0.0656. The number of aliphatic imine (C=N–C) groups is 1. The van der Waals surface area contributed by atoms with E-state index in [1.54, 1.807) is 0 Å². The predicted octanol–water partition coefficient (Wildman–Crippen LogP) is 18.1. The highest BCUT2D eigenvalue weighted by molar-refractivity contribution is 6.02. The lowest BCUT2D eigenvalue weighted by Crippen LogP contribution is -2.33. The molecular weight excluding hydrogens is 833 g/mol. The molecule has 0 amide bonds. The molecule has 0 bridgehead atoms. The van der Waals surface area contributed by atoms with Gasteiger partial charge >= 0.3 is 0 Å². The number of hydrogen-bond donors (Lipinski definition) is 1. The summed E-state index contributed by atoms with van der Waals surface area (Å²) >= 11 is 0. The molecule has 8 aromatic carbocycles. The molecule has 69 heavy (non-hydrogen) atoms. The second-order valence-electron chi connectivity index (χ2n) is 21.2. The number of rotatable bonds is 14. The molecule has 0 aliphatic carbocycles. The third-order valence-corrected chi connectivity index (χ3v) is 14.1. The molecule has 2 nitrogen and oxygen atoms in total. The minimum atomic E-state index is -0.570. The van der Waals surface area contributed by atoms with Crippen molar-refractivity contribution >= 4 is 17.2 Å². The van der Waals surface area contributed by atoms with Gasteiger partial charge in [0.05, 0.1) is 16.5 Å². The number of hydrogen-bond acceptors (Lipinski definition) is 1. The molecule has 8 aromatic rings. The molecule has 0 saturated carbocycles. The van der Waals surface area contributed by atoms with Crippen molar-refractivity contribution in [3.05, 3.63) is 273 Å². The molecule has 2 heteroatoms. The highest BCUT2D eigenvalue weighted by atomic mass is 15.0. The van der Waals surface area contributed by atoms with Gasteiger partial charge in [-0.15, -0.1) is 0 Å². The SMILES string of the molecule is CC(C)c1cc(C(c2ccccc2)(c2ccccc2)c2ccccc2)cc(C(C)C)c1N=C(Nc1c(C(C)C)cc(C(c2ccccc2)(c2ccccc2)c2ccccc2)cc1C(C)C)C(C)(C)C. The Balaban J connectivity index is 1.39. The molecule has 0 atom stereocenters. The van der Waals surface area contributed by atoms with Crippen LogP contribution in [0.3, 0.4) is 0 Å². The monoisotopic (exact) mass is 905 g/mol. The molecule has 0 saturated heterocycles. The smallest absolute Gasteiger partial charge is 0.112 e. The zero-order valence-corrected chi connectivity index (χ0v) is 42.9. The van der Waals surface area contributed by atoms with Crippen LogP contribution in [0, 0.1) is 5.41 Å². The zero-order chi connectivity index (χ0) is 48.9. The fraction of sp³-hybridized carbons (Fsp3) is 0.269. The Labute approximate surface area is 414 Å². The summed E-state index contributed by atoms with van der Waals surface area (Å²) in [4.78, 5) is 5.93. The number of amidine groups is 1. The average molecular weight is 905 g/mol. The molecular formula is C67H72N2. The normalized spacial score (nSPS) is 12.6. The highest BCUT2D eigenvalue weighted by Crippen LogP contribution is 2.51. The van der Waals surface area contributed by atoms with Gasteiger partial charge in [-0.25, -0.2) is 4.99 Å². The number of nitrogens with one attached hydrogen (secondary N) is 1. The molecule has 0 aliphatic heterocycles. The lowest BCUT2D eigenvalue weighted by Gasteiger charge is -2.39. The summed E-state index contributed by atoms with van der Waals surface area (Å²) in [6, 6.07) is 76.4. The second-order valence-corrected chi connectivity index (χ2v) is 21.2. The molecule has 1 N–H and O–H groups in total. The van der Waals surface area contributed by atoms with Crippen molar-refractivity contribution in [2.24, 2.45) is 10.4 Å². The maximum Gasteiger partial charge on any atom is 0.112 e. The van der Waals surface area contributed by atoms with Gasteiger partial charge in [0.25, 0.3) is 0 Å². The first kappa shape index (κ1) is 48.7. The molecule has 350 valence electrons. The first-order valence-electron chi connectivity index (χ1n) is 25.2. The molecule has 0 heterocycles. The van der Waals surface area contributed by atoms with E-state index in [2.05, 4.69) is 288 Å². The van der Waals surface area contributed by atoms with E-state index in [1.165, 1.54) is 66.8 Å². The Bertz CT molecular complexity index is 2710. The molecule has 0 aromatic heterocycles. The van der Waals surface area contributed by atoms with E-state index in [-0.39, 0.29) is 29.1 Å². The first-order valence-corrected chi connectivity index (χ1v) is 25.2. The lowest BCUT2D eigenvalue weighted by atomic mass is 9.64. The van der Waals surface area contributed by atoms with Gasteiger partial charge < -0.3 is 5.32 Å². The fourth-order valence-electron chi connectivity index (χ4n) is 10.6. The summed E-state index contributed by atoms with van der Waals surface area (Å²) in [5.41, 5.74) is 15.8. The summed E-state index contributed by atoms with van der Waals surface area (Å²) in [7, 11) is 0. The average Bonchev–Trinajstić information content (AvgIpc) is 3.36. The standard InChI is InChI=1S/C67H72N2/c1-46(2)58-42-56(66(50-30-18-12-19-31-50,51-32-20-13-21-33-51)52-34-22-14-23-35-52)43-59(47(3)4)62(58)68-64(65(9,10)11)69-63-60(48(5)6)44-57(45-61(63)49(7)8)67(53-36-24-15-25-37-53,54-38-26-16-27-39-54)55-40-28-17-29-41-55/h12-49H,1-11H3,(H,68,69). The van der Waals surface area contributed by atoms with Gasteiger partial charge in [-0.2, -0.15) is 0 Å². The van der Waals surface area contributed by atoms with Gasteiger partial charge in [0.2, 0.25) is 0 Å². The largest absolute Gasteiger partial charge is 0.343 e. The predicted molar refractivity (Wildman–Crippen MR) is 296 cm³/mol. The van der Waals surface area contributed by atoms with Gasteiger partial charge in [-0.05, 0) is 90.4 Å². The second kappa shape index (κ2) is 20.4. The Kier molecular flexibility index (Phi) is 14.4. The van der Waals surface area contributed by atoms with Crippen molar-refractivity contribution in [2.45, 2.75) is 111 Å². The van der Waals surface area contributed by atoms with Crippen LogP contribution < -0.4 is 5.32 Å². The summed E-state index contributed by atoms with van der Waals surface area (Å²) < 4.78 is 0. The maximum absolute atomic E-state index is 5.93. The van der Waals surface area contributed by atoms with Crippen LogP contribution in [-0.4, -0.2) is 5.84 Å². The van der Waals surface area contributed by atoms with E-state index in [4.69, 9.17) is 4.99 Å². The van der Waals surface area contributed by atoms with Crippen LogP contribution in [0.5, 0.6) is 0 Å². The Morgan fingerprint density at radius 3 is 0.783 bits per heavy atom. The highest BCUT2D eigenvalue weighted by Gasteiger charge is 2.41. The van der Waals surface area contributed by atoms with Crippen molar-refractivity contribution in [1.29, 1.82) is 0 Å². The topological polar surface area (TPSA) is 24.4 Å². The van der Waals surface area contributed by atoms with Crippen LogP contribution in [0.25, 0.3) is 0 Å². The van der Waals surface area contributed by atoms with Gasteiger partial charge in [0, 0.05) is 11.1 Å². The zero-order valence-electron chi connectivity index (χ0n) is 42.9. The third-order valence-electron chi connectivity index (χ3n) is 14.1. The van der Waals surface area contributed by atoms with Crippen LogP contribution in [0.2, 0.25) is 0 Å². The minimum Gasteiger partial charge on any atom is -0.343 e. The van der Waals surface area contributed by atoms with Crippen LogP contribution in [-0.2, 0) is 10.8 Å². The molecule has 0 radical (unpaired) electrons. The number of nitrogens with zero attached hydrogens (tertiary/aromatic N) is 1. The van der Waals surface area contributed by atoms with Crippen LogP contribution in [0.4, 0.5) is 11.4 Å². The summed E-state index contributed by atoms with van der Waals surface area (Å²) in [5.74, 6) is 1.77. The Morgan fingerprint density at radius 1 is 0.333 bits per heavy atom. The Morgan fingerprint density at radius 2 is 0.565 bits per heavy atom. The van der Waals surface area contributed by atoms with Crippen LogP contribution in [0.1, 0.15) is 167 Å². The summed E-state index contributed by atoms with van der Waals surface area (Å²) in [6.45, 7) is 25.5. The first-order chi connectivity index (χ1) is 33.2. The third kappa shape index (κ3) is 9.39. The van der Waals surface area contributed by atoms with Gasteiger partial charge in [0.1, 0.15) is 5.84 Å². The van der Waals surface area contributed by atoms with E-state index in [0.717, 1.165) is 17.2 Å². The Hall–Kier alpha value is -6.77. The van der Waals surface area contributed by atoms with E-state index >= 15 is 0 Å². The van der Waals surface area contributed by atoms with Crippen molar-refractivity contribution in [3.8, 4) is 0 Å². The molecule has 0 unspecified atom stereocenters. The van der Waals surface area contributed by atoms with E-state index in [0.29, 0.717) is 0 Å². The summed E-state index contributed by atoms with van der Waals surface area (Å²) in [5, 5.41) is 4.17. The van der Waals surface area contributed by atoms with E-state index in [1.807, 2.05) is 0 Å². The van der Waals surface area contributed by atoms with Crippen molar-refractivity contribution < 1.29 is 0 Å². The number of anilines is 1. The van der Waals surface area contributed by atoms with Crippen LogP contribution >= 0.6 is 0 Å². The van der Waals surface area contributed by atoms with Crippen LogP contribution in [0.15, 0.2) is 211 Å². The molecule has 0 fully saturated rings. The van der Waals surface area contributed by atoms with Gasteiger partial charge in [0.15, 0.2) is 0 Å². The van der Waals surface area contributed by atoms with Gasteiger partial charge in [-0.3, -0.25) is 0 Å². The minimum absolute atomic E-state index is 0.196. The molecule has 8 rings (SSSR count). The fourth-order valence-corrected chi connectivity index (χ4v) is 10.6. The van der Waals surface area contributed by atoms with Gasteiger partial charge in [-0.1, -0.05) is 282 Å². The van der Waals surface area contributed by atoms with E-state index < -0.39 is 10.8 Å². The lowest BCUT2D eigenvalue weighted by molar-refractivity contribution is 0.589. The van der Waals surface area contributed by atoms with Crippen molar-refractivity contribution in [1.82, 2.24) is 0 Å². The van der Waals surface area contributed by atoms with Crippen molar-refractivity contribution in [3.63, 3.8) is 0 Å². The van der Waals surface area contributed by atoms with E-state index in [9.17, 15) is 0 Å². The maximum atomic E-state index is 5.93. The summed E-state index contributed by atoms with van der Waals surface area (Å²) in [6.07, 6.45) is 0. The molecule has 0 spiro atoms.